The number of nitrogens with one attached hydrogen (secondary N) is 1. The van der Waals surface area contributed by atoms with E-state index in [0.717, 1.165) is 19.1 Å². The molecule has 1 fully saturated rings. The molecule has 0 aliphatic heterocycles. The molecule has 0 bridgehead atoms. The zero-order valence-electron chi connectivity index (χ0n) is 13.0. The third kappa shape index (κ3) is 4.60. The van der Waals surface area contributed by atoms with E-state index in [1.165, 1.54) is 37.7 Å². The van der Waals surface area contributed by atoms with Crippen LogP contribution in [0.25, 0.3) is 0 Å². The van der Waals surface area contributed by atoms with Gasteiger partial charge in [-0.2, -0.15) is 0 Å². The fraction of sp³-hybridized carbons (Fsp3) is 0.667. The predicted octanol–water partition coefficient (Wildman–Crippen LogP) is 4.18. The molecule has 2 heteroatoms. The zero-order valence-corrected chi connectivity index (χ0v) is 13.0. The number of rotatable bonds is 7. The normalized spacial score (nSPS) is 19.7. The number of ether oxygens (including phenoxy) is 1. The van der Waals surface area contributed by atoms with E-state index in [1.807, 2.05) is 0 Å². The third-order valence-electron chi connectivity index (χ3n) is 4.42. The Morgan fingerprint density at radius 2 is 1.85 bits per heavy atom. The SMILES string of the molecule is COCC(C)CNC(c1ccccc1)C1CCCCC1. The number of benzene rings is 1. The second kappa shape index (κ2) is 8.43. The van der Waals surface area contributed by atoms with Gasteiger partial charge in [0.05, 0.1) is 0 Å². The van der Waals surface area contributed by atoms with Crippen molar-refractivity contribution in [3.05, 3.63) is 35.9 Å². The average molecular weight is 275 g/mol. The van der Waals surface area contributed by atoms with Crippen molar-refractivity contribution in [2.75, 3.05) is 20.3 Å². The Morgan fingerprint density at radius 3 is 2.50 bits per heavy atom. The zero-order chi connectivity index (χ0) is 14.2. The van der Waals surface area contributed by atoms with Gasteiger partial charge in [0.15, 0.2) is 0 Å². The van der Waals surface area contributed by atoms with Gasteiger partial charge in [-0.05, 0) is 30.2 Å². The highest BCUT2D eigenvalue weighted by molar-refractivity contribution is 5.20. The Balaban J connectivity index is 2.00. The van der Waals surface area contributed by atoms with Gasteiger partial charge < -0.3 is 10.1 Å². The minimum atomic E-state index is 0.510. The van der Waals surface area contributed by atoms with Crippen LogP contribution in [0, 0.1) is 11.8 Å². The Morgan fingerprint density at radius 1 is 1.15 bits per heavy atom. The van der Waals surface area contributed by atoms with E-state index in [2.05, 4.69) is 42.6 Å². The summed E-state index contributed by atoms with van der Waals surface area (Å²) in [5.41, 5.74) is 1.45. The summed E-state index contributed by atoms with van der Waals surface area (Å²) in [5, 5.41) is 3.81. The number of methoxy groups -OCH3 is 1. The molecular weight excluding hydrogens is 246 g/mol. The Labute approximate surface area is 123 Å². The van der Waals surface area contributed by atoms with Crippen molar-refractivity contribution in [1.82, 2.24) is 5.32 Å². The molecule has 0 amide bonds. The van der Waals surface area contributed by atoms with Crippen LogP contribution in [-0.4, -0.2) is 20.3 Å². The summed E-state index contributed by atoms with van der Waals surface area (Å²) in [5.74, 6) is 1.36. The van der Waals surface area contributed by atoms with E-state index >= 15 is 0 Å². The van der Waals surface area contributed by atoms with Gasteiger partial charge in [0.1, 0.15) is 0 Å². The van der Waals surface area contributed by atoms with Crippen molar-refractivity contribution in [3.63, 3.8) is 0 Å². The Bertz CT molecular complexity index is 359. The highest BCUT2D eigenvalue weighted by Crippen LogP contribution is 2.34. The molecule has 1 aromatic rings. The first-order valence-corrected chi connectivity index (χ1v) is 8.08. The van der Waals surface area contributed by atoms with Crippen molar-refractivity contribution in [3.8, 4) is 0 Å². The number of hydrogen-bond donors (Lipinski definition) is 1. The lowest BCUT2D eigenvalue weighted by Gasteiger charge is -2.32. The molecule has 2 atom stereocenters. The first-order chi connectivity index (χ1) is 9.81. The molecule has 1 aromatic carbocycles. The molecule has 0 heterocycles. The second-order valence-corrected chi connectivity index (χ2v) is 6.26. The van der Waals surface area contributed by atoms with Crippen LogP contribution in [-0.2, 0) is 4.74 Å². The van der Waals surface area contributed by atoms with Crippen molar-refractivity contribution in [2.45, 2.75) is 45.1 Å². The van der Waals surface area contributed by atoms with Crippen molar-refractivity contribution >= 4 is 0 Å². The third-order valence-corrected chi connectivity index (χ3v) is 4.42. The molecule has 0 aromatic heterocycles. The van der Waals surface area contributed by atoms with Crippen LogP contribution in [0.4, 0.5) is 0 Å². The molecule has 2 unspecified atom stereocenters. The Kier molecular flexibility index (Phi) is 6.55. The summed E-state index contributed by atoms with van der Waals surface area (Å²) in [6.45, 7) is 4.11. The fourth-order valence-electron chi connectivity index (χ4n) is 3.36. The molecule has 0 spiro atoms. The van der Waals surface area contributed by atoms with Gasteiger partial charge in [-0.1, -0.05) is 56.5 Å². The summed E-state index contributed by atoms with van der Waals surface area (Å²) in [6.07, 6.45) is 6.93. The maximum atomic E-state index is 5.25. The molecular formula is C18H29NO. The molecule has 0 radical (unpaired) electrons. The molecule has 2 nitrogen and oxygen atoms in total. The maximum absolute atomic E-state index is 5.25. The summed E-state index contributed by atoms with van der Waals surface area (Å²) >= 11 is 0. The minimum absolute atomic E-state index is 0.510. The van der Waals surface area contributed by atoms with Gasteiger partial charge in [0.25, 0.3) is 0 Å². The Hall–Kier alpha value is -0.860. The smallest absolute Gasteiger partial charge is 0.0499 e. The van der Waals surface area contributed by atoms with Gasteiger partial charge in [0, 0.05) is 26.3 Å². The molecule has 1 saturated carbocycles. The van der Waals surface area contributed by atoms with Gasteiger partial charge in [-0.3, -0.25) is 0 Å². The highest BCUT2D eigenvalue weighted by atomic mass is 16.5. The first-order valence-electron chi connectivity index (χ1n) is 8.08. The first kappa shape index (κ1) is 15.5. The summed E-state index contributed by atoms with van der Waals surface area (Å²) in [6, 6.07) is 11.5. The van der Waals surface area contributed by atoms with E-state index in [1.54, 1.807) is 7.11 Å². The van der Waals surface area contributed by atoms with Crippen LogP contribution < -0.4 is 5.32 Å². The van der Waals surface area contributed by atoms with Crippen LogP contribution in [0.1, 0.15) is 50.6 Å². The number of hydrogen-bond acceptors (Lipinski definition) is 2. The highest BCUT2D eigenvalue weighted by Gasteiger charge is 2.24. The minimum Gasteiger partial charge on any atom is -0.384 e. The van der Waals surface area contributed by atoms with Crippen LogP contribution in [0.5, 0.6) is 0 Å². The largest absolute Gasteiger partial charge is 0.384 e. The molecule has 2 rings (SSSR count). The fourth-order valence-corrected chi connectivity index (χ4v) is 3.36. The quantitative estimate of drug-likeness (QED) is 0.806. The van der Waals surface area contributed by atoms with Crippen molar-refractivity contribution in [2.24, 2.45) is 11.8 Å². The molecule has 1 N–H and O–H groups in total. The summed E-state index contributed by atoms with van der Waals surface area (Å²) in [7, 11) is 1.78. The summed E-state index contributed by atoms with van der Waals surface area (Å²) in [4.78, 5) is 0. The standard InChI is InChI=1S/C18H29NO/c1-15(14-20-2)13-19-18(16-9-5-3-6-10-16)17-11-7-4-8-12-17/h3,5-6,9-10,15,17-19H,4,7-8,11-14H2,1-2H3. The van der Waals surface area contributed by atoms with Crippen LogP contribution in [0.3, 0.4) is 0 Å². The van der Waals surface area contributed by atoms with Crippen molar-refractivity contribution < 1.29 is 4.74 Å². The van der Waals surface area contributed by atoms with E-state index in [0.29, 0.717) is 12.0 Å². The lowest BCUT2D eigenvalue weighted by molar-refractivity contribution is 0.152. The van der Waals surface area contributed by atoms with E-state index in [-0.39, 0.29) is 0 Å². The maximum Gasteiger partial charge on any atom is 0.0499 e. The molecule has 112 valence electrons. The lowest BCUT2D eigenvalue weighted by atomic mass is 9.81. The van der Waals surface area contributed by atoms with Gasteiger partial charge in [-0.25, -0.2) is 0 Å². The van der Waals surface area contributed by atoms with Crippen LogP contribution in [0.15, 0.2) is 30.3 Å². The van der Waals surface area contributed by atoms with Crippen molar-refractivity contribution in [1.29, 1.82) is 0 Å². The van der Waals surface area contributed by atoms with Gasteiger partial charge in [0.2, 0.25) is 0 Å². The van der Waals surface area contributed by atoms with Gasteiger partial charge >= 0.3 is 0 Å². The van der Waals surface area contributed by atoms with Crippen LogP contribution in [0.2, 0.25) is 0 Å². The molecule has 1 aliphatic rings. The summed E-state index contributed by atoms with van der Waals surface area (Å²) < 4.78 is 5.25. The monoisotopic (exact) mass is 275 g/mol. The average Bonchev–Trinajstić information content (AvgIpc) is 2.50. The topological polar surface area (TPSA) is 21.3 Å². The molecule has 1 aliphatic carbocycles. The van der Waals surface area contributed by atoms with E-state index in [9.17, 15) is 0 Å². The molecule has 20 heavy (non-hydrogen) atoms. The predicted molar refractivity (Wildman–Crippen MR) is 84.8 cm³/mol. The van der Waals surface area contributed by atoms with E-state index < -0.39 is 0 Å². The van der Waals surface area contributed by atoms with Gasteiger partial charge in [-0.15, -0.1) is 0 Å². The lowest BCUT2D eigenvalue weighted by Crippen LogP contribution is -2.33. The van der Waals surface area contributed by atoms with Crippen LogP contribution >= 0.6 is 0 Å². The second-order valence-electron chi connectivity index (χ2n) is 6.26. The molecule has 0 saturated heterocycles. The van der Waals surface area contributed by atoms with E-state index in [4.69, 9.17) is 4.74 Å².